The monoisotopic (exact) mass is 498 g/mol. The summed E-state index contributed by atoms with van der Waals surface area (Å²) in [7, 11) is 0. The van der Waals surface area contributed by atoms with E-state index in [1.54, 1.807) is 22.9 Å². The maximum absolute atomic E-state index is 13.5. The lowest BCUT2D eigenvalue weighted by Crippen LogP contribution is -2.59. The van der Waals surface area contributed by atoms with Crippen LogP contribution in [0.3, 0.4) is 0 Å². The molecule has 0 aliphatic carbocycles. The Kier molecular flexibility index (Phi) is 5.99. The minimum Gasteiger partial charge on any atom is -0.370 e. The fraction of sp³-hybridized carbons (Fsp3) is 0.217. The van der Waals surface area contributed by atoms with Gasteiger partial charge in [-0.1, -0.05) is 53.5 Å². The van der Waals surface area contributed by atoms with Crippen molar-refractivity contribution in [2.24, 2.45) is 0 Å². The number of ether oxygens (including phenoxy) is 1. The molecular weight excluding hydrogens is 479 g/mol. The molecule has 4 heterocycles. The molecule has 4 aromatic rings. The summed E-state index contributed by atoms with van der Waals surface area (Å²) in [5.41, 5.74) is 0.398. The molecule has 174 valence electrons. The molecular formula is C23H20Cl2N6O3. The van der Waals surface area contributed by atoms with Gasteiger partial charge in [0.15, 0.2) is 0 Å². The van der Waals surface area contributed by atoms with Gasteiger partial charge in [-0.25, -0.2) is 9.97 Å². The van der Waals surface area contributed by atoms with Gasteiger partial charge in [-0.2, -0.15) is 0 Å². The topological polar surface area (TPSA) is 113 Å². The van der Waals surface area contributed by atoms with Crippen LogP contribution < -0.4 is 10.6 Å². The second-order valence-electron chi connectivity index (χ2n) is 8.04. The van der Waals surface area contributed by atoms with E-state index in [9.17, 15) is 9.59 Å². The van der Waals surface area contributed by atoms with Gasteiger partial charge in [0.2, 0.25) is 11.7 Å². The first kappa shape index (κ1) is 22.4. The maximum atomic E-state index is 13.5. The SMILES string of the molecule is O=C(N[C@]1(C(=O)NCc2cn3cccnc3n2)CO[C@H](c2ccccc2)C1)c1cc(Cl)c(Cl)[nH]1. The van der Waals surface area contributed by atoms with Gasteiger partial charge in [-0.05, 0) is 17.7 Å². The van der Waals surface area contributed by atoms with Gasteiger partial charge in [-0.3, -0.25) is 14.0 Å². The summed E-state index contributed by atoms with van der Waals surface area (Å²) in [4.78, 5) is 37.7. The number of amides is 2. The Morgan fingerprint density at radius 2 is 2.06 bits per heavy atom. The van der Waals surface area contributed by atoms with Crippen LogP contribution in [-0.4, -0.2) is 43.3 Å². The number of rotatable bonds is 6. The van der Waals surface area contributed by atoms with Crippen LogP contribution in [0.1, 0.15) is 34.3 Å². The Bertz CT molecular complexity index is 1300. The number of hydrogen-bond acceptors (Lipinski definition) is 5. The summed E-state index contributed by atoms with van der Waals surface area (Å²) in [5, 5.41) is 6.10. The first-order valence-electron chi connectivity index (χ1n) is 10.5. The average molecular weight is 499 g/mol. The molecule has 1 aliphatic heterocycles. The molecule has 0 unspecified atom stereocenters. The predicted octanol–water partition coefficient (Wildman–Crippen LogP) is 3.31. The Hall–Kier alpha value is -3.40. The number of aromatic amines is 1. The van der Waals surface area contributed by atoms with Crippen LogP contribution >= 0.6 is 23.2 Å². The molecule has 1 fully saturated rings. The Morgan fingerprint density at radius 3 is 2.79 bits per heavy atom. The Labute approximate surface area is 204 Å². The van der Waals surface area contributed by atoms with Crippen molar-refractivity contribution < 1.29 is 14.3 Å². The van der Waals surface area contributed by atoms with Crippen LogP contribution in [0.4, 0.5) is 0 Å². The molecule has 1 aliphatic rings. The first-order chi connectivity index (χ1) is 16.4. The third kappa shape index (κ3) is 4.37. The van der Waals surface area contributed by atoms with E-state index in [1.165, 1.54) is 6.07 Å². The summed E-state index contributed by atoms with van der Waals surface area (Å²) in [6.07, 6.45) is 5.15. The predicted molar refractivity (Wildman–Crippen MR) is 126 cm³/mol. The van der Waals surface area contributed by atoms with E-state index in [-0.39, 0.29) is 47.5 Å². The maximum Gasteiger partial charge on any atom is 0.268 e. The highest BCUT2D eigenvalue weighted by Gasteiger charge is 2.48. The Morgan fingerprint density at radius 1 is 1.24 bits per heavy atom. The van der Waals surface area contributed by atoms with E-state index in [0.717, 1.165) is 5.56 Å². The summed E-state index contributed by atoms with van der Waals surface area (Å²) >= 11 is 11.9. The molecule has 2 amide bonds. The number of hydrogen-bond donors (Lipinski definition) is 3. The van der Waals surface area contributed by atoms with E-state index < -0.39 is 11.4 Å². The molecule has 0 radical (unpaired) electrons. The van der Waals surface area contributed by atoms with Crippen molar-refractivity contribution in [3.8, 4) is 0 Å². The average Bonchev–Trinajstić information content (AvgIpc) is 3.55. The van der Waals surface area contributed by atoms with Crippen molar-refractivity contribution in [1.82, 2.24) is 30.0 Å². The molecule has 9 nitrogen and oxygen atoms in total. The molecule has 11 heteroatoms. The quantitative estimate of drug-likeness (QED) is 0.377. The number of nitrogens with zero attached hydrogens (tertiary/aromatic N) is 3. The van der Waals surface area contributed by atoms with Crippen LogP contribution in [0, 0.1) is 0 Å². The van der Waals surface area contributed by atoms with Crippen molar-refractivity contribution in [2.45, 2.75) is 24.6 Å². The van der Waals surface area contributed by atoms with Gasteiger partial charge in [0.25, 0.3) is 5.91 Å². The number of imidazole rings is 1. The van der Waals surface area contributed by atoms with Crippen LogP contribution in [0.2, 0.25) is 10.2 Å². The summed E-state index contributed by atoms with van der Waals surface area (Å²) in [6.45, 7) is 0.162. The van der Waals surface area contributed by atoms with Gasteiger partial charge in [0, 0.05) is 25.0 Å². The van der Waals surface area contributed by atoms with Gasteiger partial charge in [0.05, 0.1) is 30.0 Å². The third-order valence-electron chi connectivity index (χ3n) is 5.71. The molecule has 0 bridgehead atoms. The highest BCUT2D eigenvalue weighted by atomic mass is 35.5. The van der Waals surface area contributed by atoms with E-state index in [2.05, 4.69) is 25.6 Å². The molecule has 34 heavy (non-hydrogen) atoms. The molecule has 1 aromatic carbocycles. The van der Waals surface area contributed by atoms with Crippen molar-refractivity contribution in [3.05, 3.63) is 88.2 Å². The minimum absolute atomic E-state index is 0.000964. The third-order valence-corrected chi connectivity index (χ3v) is 6.40. The fourth-order valence-electron chi connectivity index (χ4n) is 3.98. The number of carbonyl (C=O) groups is 2. The van der Waals surface area contributed by atoms with Crippen LogP contribution in [0.25, 0.3) is 5.78 Å². The van der Waals surface area contributed by atoms with Crippen LogP contribution in [-0.2, 0) is 16.1 Å². The van der Waals surface area contributed by atoms with Crippen molar-refractivity contribution in [3.63, 3.8) is 0 Å². The lowest BCUT2D eigenvalue weighted by Gasteiger charge is -2.27. The summed E-state index contributed by atoms with van der Waals surface area (Å²) in [5.74, 6) is -0.366. The molecule has 5 rings (SSSR count). The second kappa shape index (κ2) is 9.09. The van der Waals surface area contributed by atoms with Crippen molar-refractivity contribution in [2.75, 3.05) is 6.61 Å². The van der Waals surface area contributed by atoms with E-state index in [0.29, 0.717) is 11.5 Å². The molecule has 1 saturated heterocycles. The highest BCUT2D eigenvalue weighted by Crippen LogP contribution is 2.36. The lowest BCUT2D eigenvalue weighted by atomic mass is 9.91. The Balaban J connectivity index is 1.37. The molecule has 3 aromatic heterocycles. The second-order valence-corrected chi connectivity index (χ2v) is 8.82. The molecule has 0 spiro atoms. The first-order valence-corrected chi connectivity index (χ1v) is 11.3. The zero-order valence-corrected chi connectivity index (χ0v) is 19.3. The van der Waals surface area contributed by atoms with Crippen molar-refractivity contribution >= 4 is 40.8 Å². The van der Waals surface area contributed by atoms with E-state index >= 15 is 0 Å². The number of benzene rings is 1. The van der Waals surface area contributed by atoms with Gasteiger partial charge in [-0.15, -0.1) is 0 Å². The number of nitrogens with one attached hydrogen (secondary N) is 3. The molecule has 2 atom stereocenters. The minimum atomic E-state index is -1.31. The largest absolute Gasteiger partial charge is 0.370 e. The van der Waals surface area contributed by atoms with Gasteiger partial charge >= 0.3 is 0 Å². The van der Waals surface area contributed by atoms with Gasteiger partial charge < -0.3 is 20.4 Å². The van der Waals surface area contributed by atoms with E-state index in [4.69, 9.17) is 27.9 Å². The standard InChI is InChI=1S/C23H20Cl2N6O3/c24-16-9-17(29-19(16)25)20(32)30-23(10-18(34-13-23)14-5-2-1-3-6-14)21(33)27-11-15-12-31-8-4-7-26-22(31)28-15/h1-9,12,18,29H,10-11,13H2,(H,27,33)(H,30,32)/t18-,23-/m0/s1. The zero-order chi connectivity index (χ0) is 23.7. The van der Waals surface area contributed by atoms with E-state index in [1.807, 2.05) is 36.5 Å². The smallest absolute Gasteiger partial charge is 0.268 e. The van der Waals surface area contributed by atoms with Crippen LogP contribution in [0.15, 0.2) is 61.1 Å². The lowest BCUT2D eigenvalue weighted by molar-refractivity contribution is -0.127. The molecule has 0 saturated carbocycles. The number of fused-ring (bicyclic) bond motifs is 1. The number of carbonyl (C=O) groups excluding carboxylic acids is 2. The number of aromatic nitrogens is 4. The normalized spacial score (nSPS) is 19.9. The highest BCUT2D eigenvalue weighted by molar-refractivity contribution is 6.41. The summed E-state index contributed by atoms with van der Waals surface area (Å²) < 4.78 is 7.74. The van der Waals surface area contributed by atoms with Crippen molar-refractivity contribution in [1.29, 1.82) is 0 Å². The number of halogens is 2. The fourth-order valence-corrected chi connectivity index (χ4v) is 4.29. The molecule has 3 N–H and O–H groups in total. The van der Waals surface area contributed by atoms with Gasteiger partial charge in [0.1, 0.15) is 16.4 Å². The number of H-pyrrole nitrogens is 1. The zero-order valence-electron chi connectivity index (χ0n) is 17.8. The van der Waals surface area contributed by atoms with Crippen LogP contribution in [0.5, 0.6) is 0 Å². The summed E-state index contributed by atoms with van der Waals surface area (Å²) in [6, 6.07) is 12.8.